The molecule has 0 amide bonds. The van der Waals surface area contributed by atoms with E-state index in [9.17, 15) is 26.4 Å². The summed E-state index contributed by atoms with van der Waals surface area (Å²) in [6, 6.07) is 6.31. The van der Waals surface area contributed by atoms with Crippen molar-refractivity contribution >= 4 is 26.8 Å². The predicted octanol–water partition coefficient (Wildman–Crippen LogP) is 3.26. The Morgan fingerprint density at radius 2 is 1.73 bits per heavy atom. The van der Waals surface area contributed by atoms with E-state index in [1.54, 1.807) is 0 Å². The van der Waals surface area contributed by atoms with E-state index in [-0.39, 0.29) is 16.2 Å². The van der Waals surface area contributed by atoms with E-state index in [4.69, 9.17) is 4.42 Å². The van der Waals surface area contributed by atoms with Crippen molar-refractivity contribution in [3.05, 3.63) is 58.1 Å². The maximum absolute atomic E-state index is 12.6. The number of hydrogen-bond donors (Lipinski definition) is 1. The monoisotopic (exact) mass is 386 g/mol. The van der Waals surface area contributed by atoms with Crippen LogP contribution in [-0.2, 0) is 23.2 Å². The maximum Gasteiger partial charge on any atom is 0.419 e. The molecule has 0 aliphatic carbocycles. The summed E-state index contributed by atoms with van der Waals surface area (Å²) in [6.45, 7) is 1.54. The summed E-state index contributed by atoms with van der Waals surface area (Å²) in [4.78, 5) is 11.4. The molecule has 1 aromatic heterocycles. The first kappa shape index (κ1) is 18.1. The number of oxazole rings is 1. The van der Waals surface area contributed by atoms with Crippen molar-refractivity contribution in [2.75, 3.05) is 4.72 Å². The van der Waals surface area contributed by atoms with Crippen molar-refractivity contribution in [1.29, 1.82) is 0 Å². The van der Waals surface area contributed by atoms with Gasteiger partial charge in [0.15, 0.2) is 5.58 Å². The molecule has 6 nitrogen and oxygen atoms in total. The predicted molar refractivity (Wildman–Crippen MR) is 88.4 cm³/mol. The van der Waals surface area contributed by atoms with Gasteiger partial charge in [-0.15, -0.1) is 0 Å². The van der Waals surface area contributed by atoms with Crippen LogP contribution < -0.4 is 10.5 Å². The molecule has 0 spiro atoms. The Kier molecular flexibility index (Phi) is 4.10. The first-order chi connectivity index (χ1) is 12.0. The molecule has 138 valence electrons. The number of rotatable bonds is 3. The van der Waals surface area contributed by atoms with E-state index in [1.165, 1.54) is 30.7 Å². The van der Waals surface area contributed by atoms with Crippen molar-refractivity contribution in [1.82, 2.24) is 4.57 Å². The van der Waals surface area contributed by atoms with Crippen LogP contribution in [0, 0.1) is 6.92 Å². The zero-order valence-electron chi connectivity index (χ0n) is 13.6. The van der Waals surface area contributed by atoms with Gasteiger partial charge in [-0.25, -0.2) is 13.2 Å². The number of benzene rings is 2. The van der Waals surface area contributed by atoms with Crippen LogP contribution in [-0.4, -0.2) is 13.0 Å². The first-order valence-electron chi connectivity index (χ1n) is 7.29. The van der Waals surface area contributed by atoms with Crippen molar-refractivity contribution in [2.24, 2.45) is 7.05 Å². The molecule has 0 aliphatic heterocycles. The van der Waals surface area contributed by atoms with Crippen LogP contribution in [0.5, 0.6) is 0 Å². The lowest BCUT2D eigenvalue weighted by atomic mass is 10.2. The van der Waals surface area contributed by atoms with Crippen molar-refractivity contribution in [3.8, 4) is 0 Å². The number of alkyl halides is 3. The Morgan fingerprint density at radius 1 is 1.12 bits per heavy atom. The van der Waals surface area contributed by atoms with Gasteiger partial charge in [0.25, 0.3) is 10.0 Å². The highest BCUT2D eigenvalue weighted by Gasteiger charge is 2.30. The zero-order chi connectivity index (χ0) is 19.3. The number of nitrogens with zero attached hydrogens (tertiary/aromatic N) is 1. The van der Waals surface area contributed by atoms with Gasteiger partial charge in [-0.1, -0.05) is 0 Å². The molecule has 1 heterocycles. The highest BCUT2D eigenvalue weighted by Crippen LogP contribution is 2.30. The topological polar surface area (TPSA) is 81.3 Å². The third-order valence-corrected chi connectivity index (χ3v) is 5.37. The number of fused-ring (bicyclic) bond motifs is 1. The van der Waals surface area contributed by atoms with E-state index in [1.807, 2.05) is 0 Å². The molecular formula is C16H13F3N2O4S. The van der Waals surface area contributed by atoms with Crippen LogP contribution >= 0.6 is 0 Å². The van der Waals surface area contributed by atoms with Gasteiger partial charge < -0.3 is 4.42 Å². The summed E-state index contributed by atoms with van der Waals surface area (Å²) in [7, 11) is -2.60. The van der Waals surface area contributed by atoms with Gasteiger partial charge in [-0.2, -0.15) is 13.2 Å². The standard InChI is InChI=1S/C16H13F3N2O4S/c1-9-7-12-13(25-15(22)21(12)2)8-14(9)26(23,24)20-11-5-3-10(4-6-11)16(17,18)19/h3-8,20H,1-2H3. The zero-order valence-corrected chi connectivity index (χ0v) is 14.4. The van der Waals surface area contributed by atoms with Gasteiger partial charge in [0, 0.05) is 18.8 Å². The van der Waals surface area contributed by atoms with Crippen LogP contribution in [0.4, 0.5) is 18.9 Å². The molecule has 0 saturated carbocycles. The molecule has 3 aromatic rings. The summed E-state index contributed by atoms with van der Waals surface area (Å²) in [5, 5.41) is 0. The lowest BCUT2D eigenvalue weighted by Crippen LogP contribution is -2.14. The first-order valence-corrected chi connectivity index (χ1v) is 8.77. The lowest BCUT2D eigenvalue weighted by molar-refractivity contribution is -0.137. The molecule has 0 aliphatic rings. The molecule has 1 N–H and O–H groups in total. The van der Waals surface area contributed by atoms with Crippen molar-refractivity contribution in [3.63, 3.8) is 0 Å². The van der Waals surface area contributed by atoms with Gasteiger partial charge in [-0.3, -0.25) is 9.29 Å². The SMILES string of the molecule is Cc1cc2c(cc1S(=O)(=O)Nc1ccc(C(F)(F)F)cc1)oc(=O)n2C. The molecule has 0 fully saturated rings. The van der Waals surface area contributed by atoms with Crippen LogP contribution in [0.1, 0.15) is 11.1 Å². The van der Waals surface area contributed by atoms with E-state index < -0.39 is 27.5 Å². The van der Waals surface area contributed by atoms with Crippen LogP contribution in [0.2, 0.25) is 0 Å². The number of nitrogens with one attached hydrogen (secondary N) is 1. The van der Waals surface area contributed by atoms with Crippen LogP contribution in [0.15, 0.2) is 50.5 Å². The second-order valence-electron chi connectivity index (χ2n) is 5.69. The third-order valence-electron chi connectivity index (χ3n) is 3.84. The highest BCUT2D eigenvalue weighted by atomic mass is 32.2. The van der Waals surface area contributed by atoms with Crippen molar-refractivity contribution < 1.29 is 26.0 Å². The van der Waals surface area contributed by atoms with Gasteiger partial charge in [0.1, 0.15) is 0 Å². The fraction of sp³-hybridized carbons (Fsp3) is 0.188. The molecule has 0 atom stereocenters. The molecule has 0 radical (unpaired) electrons. The Morgan fingerprint density at radius 3 is 2.31 bits per heavy atom. The Bertz CT molecular complexity index is 1140. The van der Waals surface area contributed by atoms with Crippen LogP contribution in [0.25, 0.3) is 11.1 Å². The summed E-state index contributed by atoms with van der Waals surface area (Å²) in [5.41, 5.74) is -0.0266. The molecule has 3 rings (SSSR count). The molecular weight excluding hydrogens is 373 g/mol. The highest BCUT2D eigenvalue weighted by molar-refractivity contribution is 7.92. The number of anilines is 1. The second-order valence-corrected chi connectivity index (χ2v) is 7.34. The van der Waals surface area contributed by atoms with Gasteiger partial charge >= 0.3 is 11.9 Å². The fourth-order valence-corrected chi connectivity index (χ4v) is 3.79. The molecule has 0 saturated heterocycles. The molecule has 2 aromatic carbocycles. The van der Waals surface area contributed by atoms with Gasteiger partial charge in [-0.05, 0) is 42.8 Å². The third kappa shape index (κ3) is 3.19. The normalized spacial score (nSPS) is 12.5. The summed E-state index contributed by atoms with van der Waals surface area (Å²) < 4.78 is 71.3. The van der Waals surface area contributed by atoms with Crippen LogP contribution in [0.3, 0.4) is 0 Å². The molecule has 26 heavy (non-hydrogen) atoms. The summed E-state index contributed by atoms with van der Waals surface area (Å²) in [5.74, 6) is -0.635. The molecule has 0 unspecified atom stereocenters. The number of aryl methyl sites for hydroxylation is 2. The smallest absolute Gasteiger partial charge is 0.408 e. The largest absolute Gasteiger partial charge is 0.419 e. The fourth-order valence-electron chi connectivity index (χ4n) is 2.49. The summed E-state index contributed by atoms with van der Waals surface area (Å²) in [6.07, 6.45) is -4.51. The average molecular weight is 386 g/mol. The van der Waals surface area contributed by atoms with E-state index in [0.29, 0.717) is 11.1 Å². The van der Waals surface area contributed by atoms with E-state index in [2.05, 4.69) is 4.72 Å². The number of halogens is 3. The minimum absolute atomic E-state index is 0.0213. The second kappa shape index (κ2) is 5.90. The Balaban J connectivity index is 1.99. The minimum Gasteiger partial charge on any atom is -0.408 e. The lowest BCUT2D eigenvalue weighted by Gasteiger charge is -2.12. The Hall–Kier alpha value is -2.75. The maximum atomic E-state index is 12.6. The number of hydrogen-bond acceptors (Lipinski definition) is 4. The average Bonchev–Trinajstić information content (AvgIpc) is 2.80. The summed E-state index contributed by atoms with van der Waals surface area (Å²) >= 11 is 0. The minimum atomic E-state index is -4.51. The van der Waals surface area contributed by atoms with Gasteiger partial charge in [0.2, 0.25) is 0 Å². The Labute approximate surface area is 145 Å². The van der Waals surface area contributed by atoms with Gasteiger partial charge in [0.05, 0.1) is 16.0 Å². The van der Waals surface area contributed by atoms with Crippen molar-refractivity contribution in [2.45, 2.75) is 18.0 Å². The van der Waals surface area contributed by atoms with E-state index >= 15 is 0 Å². The molecule has 0 bridgehead atoms. The number of aromatic nitrogens is 1. The van der Waals surface area contributed by atoms with E-state index in [0.717, 1.165) is 24.3 Å². The quantitative estimate of drug-likeness (QED) is 0.749. The number of sulfonamides is 1. The molecule has 10 heteroatoms.